The van der Waals surface area contributed by atoms with Crippen LogP contribution in [-0.4, -0.2) is 13.0 Å². The molecule has 4 nitrogen and oxygen atoms in total. The lowest BCUT2D eigenvalue weighted by Crippen LogP contribution is -2.18. The summed E-state index contributed by atoms with van der Waals surface area (Å²) in [5.74, 6) is -0.556. The highest BCUT2D eigenvalue weighted by Gasteiger charge is 2.13. The zero-order valence-electron chi connectivity index (χ0n) is 12.3. The Kier molecular flexibility index (Phi) is 5.64. The van der Waals surface area contributed by atoms with E-state index in [0.717, 1.165) is 5.69 Å². The summed E-state index contributed by atoms with van der Waals surface area (Å²) in [5, 5.41) is 12.4. The molecule has 1 amide bonds. The number of hydrogen-bond acceptors (Lipinski definition) is 3. The molecule has 1 N–H and O–H groups in total. The van der Waals surface area contributed by atoms with E-state index < -0.39 is 5.91 Å². The van der Waals surface area contributed by atoms with Gasteiger partial charge in [0.2, 0.25) is 0 Å². The Morgan fingerprint density at radius 1 is 1.17 bits per heavy atom. The summed E-state index contributed by atoms with van der Waals surface area (Å²) in [6.07, 6.45) is 1.46. The first-order valence-corrected chi connectivity index (χ1v) is 7.43. The molecule has 2 rings (SSSR count). The van der Waals surface area contributed by atoms with E-state index in [9.17, 15) is 10.1 Å². The minimum atomic E-state index is -0.556. The van der Waals surface area contributed by atoms with E-state index >= 15 is 0 Å². The lowest BCUT2D eigenvalue weighted by Gasteiger charge is -2.15. The molecule has 0 saturated carbocycles. The summed E-state index contributed by atoms with van der Waals surface area (Å²) in [7, 11) is 1.76. The molecule has 0 atom stereocenters. The van der Waals surface area contributed by atoms with E-state index in [1.807, 2.05) is 36.4 Å². The molecule has 0 bridgehead atoms. The van der Waals surface area contributed by atoms with Gasteiger partial charge in [-0.2, -0.15) is 5.26 Å². The molecule has 2 aromatic carbocycles. The first-order valence-electron chi connectivity index (χ1n) is 6.68. The average molecular weight is 346 g/mol. The quantitative estimate of drug-likeness (QED) is 0.656. The zero-order chi connectivity index (χ0) is 16.8. The molecule has 0 aromatic heterocycles. The number of nitriles is 1. The molecule has 0 unspecified atom stereocenters. The minimum absolute atomic E-state index is 0.0487. The van der Waals surface area contributed by atoms with Crippen LogP contribution >= 0.6 is 23.2 Å². The van der Waals surface area contributed by atoms with Crippen LogP contribution in [0.4, 0.5) is 11.4 Å². The fraction of sp³-hybridized carbons (Fsp3) is 0.0588. The Morgan fingerprint density at radius 3 is 2.52 bits per heavy atom. The minimum Gasteiger partial charge on any atom is -0.350 e. The maximum absolute atomic E-state index is 12.2. The van der Waals surface area contributed by atoms with Crippen LogP contribution in [-0.2, 0) is 4.79 Å². The third kappa shape index (κ3) is 4.26. The van der Waals surface area contributed by atoms with E-state index in [4.69, 9.17) is 23.2 Å². The zero-order valence-corrected chi connectivity index (χ0v) is 13.8. The number of para-hydroxylation sites is 1. The van der Waals surface area contributed by atoms with Crippen molar-refractivity contribution in [1.29, 1.82) is 5.26 Å². The van der Waals surface area contributed by atoms with E-state index in [0.29, 0.717) is 10.7 Å². The summed E-state index contributed by atoms with van der Waals surface area (Å²) in [5.41, 5.74) is 1.16. The highest BCUT2D eigenvalue weighted by atomic mass is 35.5. The van der Waals surface area contributed by atoms with E-state index in [-0.39, 0.29) is 10.6 Å². The number of rotatable bonds is 4. The van der Waals surface area contributed by atoms with Crippen molar-refractivity contribution in [3.8, 4) is 6.07 Å². The largest absolute Gasteiger partial charge is 0.350 e. The van der Waals surface area contributed by atoms with Crippen molar-refractivity contribution >= 4 is 40.5 Å². The van der Waals surface area contributed by atoms with Gasteiger partial charge in [-0.05, 0) is 24.3 Å². The molecule has 0 aliphatic carbocycles. The maximum Gasteiger partial charge on any atom is 0.267 e. The van der Waals surface area contributed by atoms with Gasteiger partial charge in [-0.1, -0.05) is 47.5 Å². The standard InChI is InChI=1S/C17H13Cl2N3O/c1-22(13-6-3-2-4-7-13)11-12(10-20)17(23)21-15-9-5-8-14(18)16(15)19/h2-9,11H,1H3,(H,21,23)/b12-11-. The first-order chi connectivity index (χ1) is 11.0. The SMILES string of the molecule is CN(/C=C(/C#N)C(=O)Nc1cccc(Cl)c1Cl)c1ccccc1. The molecule has 6 heteroatoms. The fourth-order valence-corrected chi connectivity index (χ4v) is 2.21. The van der Waals surface area contributed by atoms with Crippen LogP contribution in [0.2, 0.25) is 10.0 Å². The number of hydrogen-bond donors (Lipinski definition) is 1. The van der Waals surface area contributed by atoms with Crippen LogP contribution in [0.25, 0.3) is 0 Å². The first kappa shape index (κ1) is 16.9. The topological polar surface area (TPSA) is 56.1 Å². The van der Waals surface area contributed by atoms with Crippen LogP contribution in [0.1, 0.15) is 0 Å². The normalized spacial score (nSPS) is 10.8. The molecule has 23 heavy (non-hydrogen) atoms. The molecule has 0 spiro atoms. The van der Waals surface area contributed by atoms with Gasteiger partial charge < -0.3 is 10.2 Å². The van der Waals surface area contributed by atoms with Gasteiger partial charge in [-0.15, -0.1) is 0 Å². The van der Waals surface area contributed by atoms with Crippen molar-refractivity contribution in [3.05, 3.63) is 70.3 Å². The Hall–Kier alpha value is -2.48. The van der Waals surface area contributed by atoms with Crippen molar-refractivity contribution in [2.45, 2.75) is 0 Å². The van der Waals surface area contributed by atoms with Gasteiger partial charge in [0, 0.05) is 18.9 Å². The summed E-state index contributed by atoms with van der Waals surface area (Å²) in [4.78, 5) is 13.9. The fourth-order valence-electron chi connectivity index (χ4n) is 1.86. The van der Waals surface area contributed by atoms with Gasteiger partial charge in [0.15, 0.2) is 0 Å². The van der Waals surface area contributed by atoms with E-state index in [1.54, 1.807) is 30.1 Å². The smallest absolute Gasteiger partial charge is 0.267 e. The molecule has 0 radical (unpaired) electrons. The highest BCUT2D eigenvalue weighted by Crippen LogP contribution is 2.29. The summed E-state index contributed by atoms with van der Waals surface area (Å²) in [6.45, 7) is 0. The molecule has 0 fully saturated rings. The molecule has 116 valence electrons. The van der Waals surface area contributed by atoms with Gasteiger partial charge in [0.05, 0.1) is 15.7 Å². The second kappa shape index (κ2) is 7.68. The monoisotopic (exact) mass is 345 g/mol. The molecule has 0 aliphatic rings. The third-order valence-corrected chi connectivity index (χ3v) is 3.87. The summed E-state index contributed by atoms with van der Waals surface area (Å²) >= 11 is 11.9. The van der Waals surface area contributed by atoms with Crippen molar-refractivity contribution in [3.63, 3.8) is 0 Å². The Labute approximate surface area is 144 Å². The van der Waals surface area contributed by atoms with Gasteiger partial charge >= 0.3 is 0 Å². The van der Waals surface area contributed by atoms with Crippen LogP contribution in [0.3, 0.4) is 0 Å². The molecular weight excluding hydrogens is 333 g/mol. The van der Waals surface area contributed by atoms with Gasteiger partial charge in [0.1, 0.15) is 11.6 Å². The van der Waals surface area contributed by atoms with E-state index in [1.165, 1.54) is 6.20 Å². The number of amides is 1. The maximum atomic E-state index is 12.2. The van der Waals surface area contributed by atoms with Crippen LogP contribution in [0.5, 0.6) is 0 Å². The lowest BCUT2D eigenvalue weighted by molar-refractivity contribution is -0.112. The molecule has 0 aliphatic heterocycles. The van der Waals surface area contributed by atoms with Gasteiger partial charge in [0.25, 0.3) is 5.91 Å². The van der Waals surface area contributed by atoms with Gasteiger partial charge in [-0.3, -0.25) is 4.79 Å². The Bertz CT molecular complexity index is 782. The predicted octanol–water partition coefficient (Wildman–Crippen LogP) is 4.48. The van der Waals surface area contributed by atoms with Crippen molar-refractivity contribution in [2.24, 2.45) is 0 Å². The molecule has 2 aromatic rings. The highest BCUT2D eigenvalue weighted by molar-refractivity contribution is 6.44. The Balaban J connectivity index is 2.20. The van der Waals surface area contributed by atoms with Gasteiger partial charge in [-0.25, -0.2) is 0 Å². The number of nitrogens with zero attached hydrogens (tertiary/aromatic N) is 2. The number of nitrogens with one attached hydrogen (secondary N) is 1. The third-order valence-electron chi connectivity index (χ3n) is 3.05. The molecule has 0 saturated heterocycles. The van der Waals surface area contributed by atoms with Crippen LogP contribution < -0.4 is 10.2 Å². The van der Waals surface area contributed by atoms with Crippen molar-refractivity contribution in [2.75, 3.05) is 17.3 Å². The number of carbonyl (C=O) groups excluding carboxylic acids is 1. The number of halogens is 2. The second-order valence-corrected chi connectivity index (χ2v) is 5.44. The summed E-state index contributed by atoms with van der Waals surface area (Å²) < 4.78 is 0. The number of anilines is 2. The number of carbonyl (C=O) groups is 1. The second-order valence-electron chi connectivity index (χ2n) is 4.66. The van der Waals surface area contributed by atoms with Crippen molar-refractivity contribution in [1.82, 2.24) is 0 Å². The predicted molar refractivity (Wildman–Crippen MR) is 93.6 cm³/mol. The summed E-state index contributed by atoms with van der Waals surface area (Å²) in [6, 6.07) is 16.2. The van der Waals surface area contributed by atoms with Crippen LogP contribution in [0, 0.1) is 11.3 Å². The Morgan fingerprint density at radius 2 is 1.87 bits per heavy atom. The lowest BCUT2D eigenvalue weighted by atomic mass is 10.2. The average Bonchev–Trinajstić information content (AvgIpc) is 2.57. The molecule has 0 heterocycles. The number of benzene rings is 2. The van der Waals surface area contributed by atoms with Crippen LogP contribution in [0.15, 0.2) is 60.3 Å². The van der Waals surface area contributed by atoms with Crippen molar-refractivity contribution < 1.29 is 4.79 Å². The van der Waals surface area contributed by atoms with E-state index in [2.05, 4.69) is 5.32 Å². The molecular formula is C17H13Cl2N3O.